The van der Waals surface area contributed by atoms with Crippen LogP contribution in [0.25, 0.3) is 0 Å². The van der Waals surface area contributed by atoms with Crippen molar-refractivity contribution in [1.29, 1.82) is 0 Å². The summed E-state index contributed by atoms with van der Waals surface area (Å²) in [7, 11) is 0. The lowest BCUT2D eigenvalue weighted by Crippen LogP contribution is -2.60. The molecule has 0 radical (unpaired) electrons. The van der Waals surface area contributed by atoms with Gasteiger partial charge in [-0.05, 0) is 75.3 Å². The summed E-state index contributed by atoms with van der Waals surface area (Å²) in [5, 5.41) is 40.7. The van der Waals surface area contributed by atoms with E-state index in [4.69, 9.17) is 38.6 Å². The predicted octanol–water partition coefficient (Wildman–Crippen LogP) is -3.90. The minimum atomic E-state index is -1.59. The first kappa shape index (κ1) is 64.1. The summed E-state index contributed by atoms with van der Waals surface area (Å²) in [6, 6.07) is 8.00. The van der Waals surface area contributed by atoms with E-state index in [-0.39, 0.29) is 69.6 Å². The maximum absolute atomic E-state index is 14.1. The van der Waals surface area contributed by atoms with Crippen LogP contribution in [0.1, 0.15) is 82.3 Å². The summed E-state index contributed by atoms with van der Waals surface area (Å²) < 4.78 is 0. The van der Waals surface area contributed by atoms with Gasteiger partial charge in [0.1, 0.15) is 42.3 Å². The van der Waals surface area contributed by atoms with Crippen molar-refractivity contribution in [1.82, 2.24) is 41.3 Å². The number of benzene rings is 2. The van der Waals surface area contributed by atoms with E-state index in [0.29, 0.717) is 69.2 Å². The van der Waals surface area contributed by atoms with E-state index >= 15 is 0 Å². The number of nitrogens with two attached hydrogens (primary N) is 5. The average molecular weight is 1120 g/mol. The van der Waals surface area contributed by atoms with Crippen LogP contribution in [0.5, 0.6) is 0 Å². The molecule has 18 N–H and O–H groups in total. The molecule has 8 atom stereocenters. The quantitative estimate of drug-likeness (QED) is 0.0231. The van der Waals surface area contributed by atoms with E-state index in [1.54, 1.807) is 60.7 Å². The molecule has 3 aliphatic rings. The number of likely N-dealkylation sites (tertiary alicyclic amines) is 3. The van der Waals surface area contributed by atoms with Gasteiger partial charge in [-0.15, -0.1) is 0 Å². The number of aliphatic carboxylic acids is 2. The van der Waals surface area contributed by atoms with Crippen molar-refractivity contribution in [2.45, 2.75) is 132 Å². The Morgan fingerprint density at radius 3 is 1.54 bits per heavy atom. The van der Waals surface area contributed by atoms with Crippen molar-refractivity contribution >= 4 is 71.1 Å². The number of carbonyl (C=O) groups is 10. The van der Waals surface area contributed by atoms with E-state index in [0.717, 1.165) is 6.92 Å². The number of aliphatic hydroxyl groups excluding tert-OH is 1. The lowest BCUT2D eigenvalue weighted by atomic mass is 10.0. The molecule has 28 nitrogen and oxygen atoms in total. The molecule has 3 fully saturated rings. The fraction of sp³-hybridized carbons (Fsp3) is 0.538. The molecule has 5 rings (SSSR count). The van der Waals surface area contributed by atoms with E-state index in [9.17, 15) is 53.4 Å². The van der Waals surface area contributed by atoms with Crippen LogP contribution in [0.15, 0.2) is 70.6 Å². The van der Waals surface area contributed by atoms with Crippen LogP contribution in [-0.4, -0.2) is 195 Å². The molecule has 3 heterocycles. The topological polar surface area (TPSA) is 456 Å². The van der Waals surface area contributed by atoms with E-state index in [2.05, 4.69) is 36.6 Å². The highest BCUT2D eigenvalue weighted by Crippen LogP contribution is 2.26. The zero-order chi connectivity index (χ0) is 58.9. The normalized spacial score (nSPS) is 18.3. The number of nitrogens with zero attached hydrogens (tertiary/aromatic N) is 5. The van der Waals surface area contributed by atoms with E-state index in [1.807, 2.05) is 0 Å². The number of rotatable bonds is 27. The molecule has 2 aromatic carbocycles. The Balaban J connectivity index is 0.00000333. The molecule has 0 bridgehead atoms. The lowest BCUT2D eigenvalue weighted by molar-refractivity contribution is -0.147. The van der Waals surface area contributed by atoms with Gasteiger partial charge in [-0.2, -0.15) is 0 Å². The molecular formula is C52H77N15O13. The summed E-state index contributed by atoms with van der Waals surface area (Å²) in [6.07, 6.45) is 3.13. The van der Waals surface area contributed by atoms with Crippen LogP contribution < -0.4 is 55.3 Å². The van der Waals surface area contributed by atoms with Crippen molar-refractivity contribution in [2.24, 2.45) is 38.7 Å². The Kier molecular flexibility index (Phi) is 26.0. The summed E-state index contributed by atoms with van der Waals surface area (Å²) >= 11 is 0. The third-order valence-electron chi connectivity index (χ3n) is 13.4. The highest BCUT2D eigenvalue weighted by molar-refractivity contribution is 5.98. The standard InChI is InChI=1S/C50H73N15O11.C2H4O2/c51-32(16-7-21-56-49(52)53)45(72)65-25-11-20-39(65)47(74)64-24-9-18-37(64)43(70)58-28-40(67)59-34(26-30-12-3-1-4-13-30)41(68)62-36(29-66)46(73)63-23-10-19-38(63)44(71)61-35(27-31-14-5-2-6-15-31)42(69)60-33(48(75)76)17-8-22-57-50(54)55;1-2(3)4/h1-6,12-15,32-39,66H,7-11,16-29,51H2,(H,58,70)(H,59,67)(H,60,69)(H,61,71)(H,62,68)(H,75,76)(H4,52,53,56)(H4,54,55,57);1H3,(H,3,4)/t32-,33-,34-,35-,36-,37-,38-,39-;/m0./s1. The highest BCUT2D eigenvalue weighted by atomic mass is 16.4. The first-order valence-corrected chi connectivity index (χ1v) is 26.5. The number of carboxylic acid groups (broad SMARTS) is 2. The molecular weight excluding hydrogens is 1040 g/mol. The minimum absolute atomic E-state index is 0.0209. The number of aliphatic imine (C=N–C) groups is 2. The Labute approximate surface area is 463 Å². The first-order chi connectivity index (χ1) is 38.1. The van der Waals surface area contributed by atoms with Gasteiger partial charge in [-0.25, -0.2) is 4.79 Å². The Morgan fingerprint density at radius 2 is 1.04 bits per heavy atom. The van der Waals surface area contributed by atoms with Crippen molar-refractivity contribution in [3.8, 4) is 0 Å². The minimum Gasteiger partial charge on any atom is -0.481 e. The zero-order valence-corrected chi connectivity index (χ0v) is 44.9. The van der Waals surface area contributed by atoms with Crippen molar-refractivity contribution < 1.29 is 63.3 Å². The fourth-order valence-electron chi connectivity index (χ4n) is 9.55. The van der Waals surface area contributed by atoms with Crippen molar-refractivity contribution in [3.63, 3.8) is 0 Å². The fourth-order valence-corrected chi connectivity index (χ4v) is 9.55. The largest absolute Gasteiger partial charge is 0.481 e. The van der Waals surface area contributed by atoms with Gasteiger partial charge in [0, 0.05) is 52.5 Å². The maximum Gasteiger partial charge on any atom is 0.326 e. The average Bonchev–Trinajstić information content (AvgIpc) is 4.24. The van der Waals surface area contributed by atoms with E-state index in [1.165, 1.54) is 14.7 Å². The van der Waals surface area contributed by atoms with Crippen molar-refractivity contribution in [3.05, 3.63) is 71.8 Å². The predicted molar refractivity (Wildman–Crippen MR) is 291 cm³/mol. The molecule has 0 aromatic heterocycles. The second-order valence-corrected chi connectivity index (χ2v) is 19.5. The first-order valence-electron chi connectivity index (χ1n) is 26.5. The van der Waals surface area contributed by atoms with Gasteiger partial charge in [0.05, 0.1) is 19.2 Å². The summed E-state index contributed by atoms with van der Waals surface area (Å²) in [5.41, 5.74) is 29.0. The van der Waals surface area contributed by atoms with Gasteiger partial charge in [-0.1, -0.05) is 60.7 Å². The molecule has 80 heavy (non-hydrogen) atoms. The van der Waals surface area contributed by atoms with Crippen LogP contribution in [0.2, 0.25) is 0 Å². The number of carboxylic acids is 2. The number of guanidine groups is 2. The van der Waals surface area contributed by atoms with Crippen LogP contribution in [0, 0.1) is 0 Å². The highest BCUT2D eigenvalue weighted by Gasteiger charge is 2.44. The third kappa shape index (κ3) is 20.4. The molecule has 0 saturated carbocycles. The van der Waals surface area contributed by atoms with Crippen LogP contribution >= 0.6 is 0 Å². The van der Waals surface area contributed by atoms with Gasteiger partial charge < -0.3 is 85.3 Å². The monoisotopic (exact) mass is 1120 g/mol. The number of aliphatic hydroxyl groups is 1. The van der Waals surface area contributed by atoms with Gasteiger partial charge >= 0.3 is 5.97 Å². The summed E-state index contributed by atoms with van der Waals surface area (Å²) in [4.78, 5) is 143. The van der Waals surface area contributed by atoms with Gasteiger partial charge in [-0.3, -0.25) is 53.1 Å². The molecule has 3 aliphatic heterocycles. The van der Waals surface area contributed by atoms with Crippen LogP contribution in [0.3, 0.4) is 0 Å². The molecule has 0 spiro atoms. The Bertz CT molecular complexity index is 2510. The van der Waals surface area contributed by atoms with Gasteiger partial charge in [0.15, 0.2) is 11.9 Å². The molecule has 8 amide bonds. The van der Waals surface area contributed by atoms with E-state index < -0.39 is 115 Å². The third-order valence-corrected chi connectivity index (χ3v) is 13.4. The Morgan fingerprint density at radius 1 is 0.588 bits per heavy atom. The molecule has 0 unspecified atom stereocenters. The van der Waals surface area contributed by atoms with Crippen LogP contribution in [-0.2, 0) is 60.8 Å². The molecule has 438 valence electrons. The smallest absolute Gasteiger partial charge is 0.326 e. The number of amides is 8. The second-order valence-electron chi connectivity index (χ2n) is 19.5. The SMILES string of the molecule is CC(=O)O.NC(N)=NCCC[C@H](NC(=O)[C@H](Cc1ccccc1)NC(=O)[C@@H]1CCCN1C(=O)[C@H](CO)NC(=O)[C@H](Cc1ccccc1)NC(=O)CNC(=O)[C@@H]1CCCN1C(=O)[C@@H]1CCCN1C(=O)[C@@H](N)CCCN=C(N)N)C(=O)O. The van der Waals surface area contributed by atoms with Gasteiger partial charge in [0.25, 0.3) is 5.97 Å². The molecule has 28 heteroatoms. The second kappa shape index (κ2) is 32.5. The zero-order valence-electron chi connectivity index (χ0n) is 44.9. The van der Waals surface area contributed by atoms with Gasteiger partial charge in [0.2, 0.25) is 47.3 Å². The number of hydrogen-bond acceptors (Lipinski definition) is 14. The lowest BCUT2D eigenvalue weighted by Gasteiger charge is -2.32. The maximum atomic E-state index is 14.1. The number of nitrogens with one attached hydrogen (secondary N) is 5. The summed E-state index contributed by atoms with van der Waals surface area (Å²) in [5.74, 6) is -7.76. The summed E-state index contributed by atoms with van der Waals surface area (Å²) in [6.45, 7) is 0.642. The molecule has 3 saturated heterocycles. The van der Waals surface area contributed by atoms with Crippen LogP contribution in [0.4, 0.5) is 0 Å². The number of hydrogen-bond donors (Lipinski definition) is 13. The molecule has 0 aliphatic carbocycles. The molecule has 2 aromatic rings. The number of carbonyl (C=O) groups excluding carboxylic acids is 8. The van der Waals surface area contributed by atoms with Crippen molar-refractivity contribution in [2.75, 3.05) is 45.9 Å². The Hall–Kier alpha value is -8.40.